The van der Waals surface area contributed by atoms with Gasteiger partial charge in [-0.3, -0.25) is 4.79 Å². The van der Waals surface area contributed by atoms with Crippen LogP contribution in [0.4, 0.5) is 0 Å². The van der Waals surface area contributed by atoms with Crippen molar-refractivity contribution in [2.75, 3.05) is 0 Å². The van der Waals surface area contributed by atoms with E-state index in [9.17, 15) is 40.5 Å². The lowest BCUT2D eigenvalue weighted by molar-refractivity contribution is 0.0191. The lowest BCUT2D eigenvalue weighted by atomic mass is 9.81. The molecule has 4 atom stereocenters. The van der Waals surface area contributed by atoms with Crippen LogP contribution in [0.15, 0.2) is 66.7 Å². The van der Waals surface area contributed by atoms with Crippen LogP contribution in [-0.4, -0.2) is 47.6 Å². The van der Waals surface area contributed by atoms with Crippen molar-refractivity contribution in [2.45, 2.75) is 30.7 Å². The molecule has 0 saturated carbocycles. The van der Waals surface area contributed by atoms with Gasteiger partial charge >= 0.3 is 0 Å². The fraction of sp³-hybridized carbons (Fsp3) is 0.167. The van der Waals surface area contributed by atoms with Crippen LogP contribution in [0, 0.1) is 0 Å². The molecular formula is C30H24O10. The highest BCUT2D eigenvalue weighted by Gasteiger charge is 2.47. The highest BCUT2D eigenvalue weighted by Crippen LogP contribution is 2.57. The molecule has 6 rings (SSSR count). The minimum absolute atomic E-state index is 0.0138. The third kappa shape index (κ3) is 4.05. The molecule has 0 bridgehead atoms. The van der Waals surface area contributed by atoms with Crippen molar-refractivity contribution in [3.05, 3.63) is 94.5 Å². The summed E-state index contributed by atoms with van der Waals surface area (Å²) in [5.74, 6) is -3.69. The van der Waals surface area contributed by atoms with Crippen LogP contribution in [0.1, 0.15) is 50.7 Å². The van der Waals surface area contributed by atoms with E-state index in [-0.39, 0.29) is 46.3 Å². The number of Topliss-reactive ketones (excluding diaryl/α,β-unsaturated/α-hetero) is 1. The maximum atomic E-state index is 14.1. The van der Waals surface area contributed by atoms with E-state index in [2.05, 4.69) is 0 Å². The molecule has 204 valence electrons. The van der Waals surface area contributed by atoms with Gasteiger partial charge in [-0.2, -0.15) is 0 Å². The van der Waals surface area contributed by atoms with E-state index < -0.39 is 52.8 Å². The van der Waals surface area contributed by atoms with Crippen molar-refractivity contribution < 1.29 is 50.0 Å². The first kappa shape index (κ1) is 25.2. The summed E-state index contributed by atoms with van der Waals surface area (Å²) in [7, 11) is 0. The molecule has 0 spiro atoms. The average molecular weight is 545 g/mol. The number of aliphatic hydroxyl groups is 1. The van der Waals surface area contributed by atoms with Gasteiger partial charge in [0.05, 0.1) is 17.6 Å². The minimum atomic E-state index is -1.22. The monoisotopic (exact) mass is 544 g/mol. The number of hydrogen-bond donors (Lipinski definition) is 7. The molecule has 2 heterocycles. The van der Waals surface area contributed by atoms with Crippen molar-refractivity contribution in [3.8, 4) is 46.0 Å². The summed E-state index contributed by atoms with van der Waals surface area (Å²) in [5, 5.41) is 72.1. The SMILES string of the molecule is O=C(c1c(O)cc(O)cc1O)[C@H]1c2c(cc(O)c3c2O[C@H](c2ccc(O)cc2)[C@@H](O)C3)O[C@@H]1c1ccc(O)cc1. The van der Waals surface area contributed by atoms with Gasteiger partial charge in [-0.15, -0.1) is 0 Å². The maximum absolute atomic E-state index is 14.1. The van der Waals surface area contributed by atoms with Crippen LogP contribution in [0.3, 0.4) is 0 Å². The van der Waals surface area contributed by atoms with Crippen LogP contribution in [-0.2, 0) is 6.42 Å². The number of benzene rings is 4. The molecule has 7 N–H and O–H groups in total. The Balaban J connectivity index is 1.53. The van der Waals surface area contributed by atoms with Crippen LogP contribution in [0.5, 0.6) is 46.0 Å². The Morgan fingerprint density at radius 1 is 0.675 bits per heavy atom. The molecule has 0 unspecified atom stereocenters. The fourth-order valence-electron chi connectivity index (χ4n) is 5.43. The number of hydrogen-bond acceptors (Lipinski definition) is 10. The first-order valence-corrected chi connectivity index (χ1v) is 12.4. The van der Waals surface area contributed by atoms with Gasteiger partial charge < -0.3 is 45.2 Å². The van der Waals surface area contributed by atoms with E-state index in [0.717, 1.165) is 12.1 Å². The van der Waals surface area contributed by atoms with Gasteiger partial charge in [-0.05, 0) is 35.4 Å². The van der Waals surface area contributed by atoms with Crippen LogP contribution >= 0.6 is 0 Å². The molecule has 0 aromatic heterocycles. The molecule has 10 heteroatoms. The van der Waals surface area contributed by atoms with Crippen molar-refractivity contribution in [3.63, 3.8) is 0 Å². The number of phenolic OH excluding ortho intramolecular Hbond substituents is 6. The third-order valence-electron chi connectivity index (χ3n) is 7.29. The van der Waals surface area contributed by atoms with Gasteiger partial charge in [-0.1, -0.05) is 24.3 Å². The summed E-state index contributed by atoms with van der Waals surface area (Å²) in [6.07, 6.45) is -3.04. The number of ether oxygens (including phenoxy) is 2. The van der Waals surface area contributed by atoms with E-state index >= 15 is 0 Å². The topological polar surface area (TPSA) is 177 Å². The minimum Gasteiger partial charge on any atom is -0.508 e. The lowest BCUT2D eigenvalue weighted by Crippen LogP contribution is -2.31. The number of aromatic hydroxyl groups is 6. The van der Waals surface area contributed by atoms with Gasteiger partial charge in [0.25, 0.3) is 0 Å². The zero-order chi connectivity index (χ0) is 28.3. The highest BCUT2D eigenvalue weighted by molar-refractivity contribution is 6.07. The number of carbonyl (C=O) groups excluding carboxylic acids is 1. The quantitative estimate of drug-likeness (QED) is 0.185. The molecule has 0 saturated heterocycles. The van der Waals surface area contributed by atoms with E-state index in [0.29, 0.717) is 11.1 Å². The average Bonchev–Trinajstić information content (AvgIpc) is 3.28. The molecular weight excluding hydrogens is 520 g/mol. The van der Waals surface area contributed by atoms with Gasteiger partial charge in [0.2, 0.25) is 0 Å². The van der Waals surface area contributed by atoms with Gasteiger partial charge in [0, 0.05) is 30.2 Å². The zero-order valence-electron chi connectivity index (χ0n) is 20.7. The second-order valence-corrected chi connectivity index (χ2v) is 9.85. The number of ketones is 1. The number of phenols is 6. The van der Waals surface area contributed by atoms with E-state index in [1.165, 1.54) is 30.3 Å². The Labute approximate surface area is 227 Å². The maximum Gasteiger partial charge on any atom is 0.182 e. The number of aliphatic hydroxyl groups excluding tert-OH is 1. The Kier molecular flexibility index (Phi) is 5.85. The van der Waals surface area contributed by atoms with Gasteiger partial charge in [0.1, 0.15) is 63.8 Å². The number of fused-ring (bicyclic) bond motifs is 3. The van der Waals surface area contributed by atoms with E-state index in [4.69, 9.17) is 9.47 Å². The molecule has 4 aromatic carbocycles. The lowest BCUT2D eigenvalue weighted by Gasteiger charge is -2.33. The first-order valence-electron chi connectivity index (χ1n) is 12.4. The van der Waals surface area contributed by atoms with E-state index in [1.807, 2.05) is 0 Å². The normalized spacial score (nSPS) is 21.1. The summed E-state index contributed by atoms with van der Waals surface area (Å²) in [5.41, 5.74) is 1.05. The smallest absolute Gasteiger partial charge is 0.182 e. The molecule has 2 aliphatic rings. The second kappa shape index (κ2) is 9.28. The zero-order valence-corrected chi connectivity index (χ0v) is 20.7. The summed E-state index contributed by atoms with van der Waals surface area (Å²) >= 11 is 0. The Morgan fingerprint density at radius 2 is 1.23 bits per heavy atom. The molecule has 0 amide bonds. The Morgan fingerprint density at radius 3 is 1.80 bits per heavy atom. The van der Waals surface area contributed by atoms with Crippen molar-refractivity contribution in [2.24, 2.45) is 0 Å². The summed E-state index contributed by atoms with van der Waals surface area (Å²) in [6.45, 7) is 0. The number of carbonyl (C=O) groups is 1. The Hall–Kier alpha value is -5.09. The molecule has 2 aliphatic heterocycles. The van der Waals surface area contributed by atoms with Gasteiger partial charge in [0.15, 0.2) is 5.78 Å². The number of rotatable bonds is 4. The Bertz CT molecular complexity index is 1610. The molecule has 10 nitrogen and oxygen atoms in total. The molecule has 0 radical (unpaired) electrons. The van der Waals surface area contributed by atoms with Crippen molar-refractivity contribution in [1.29, 1.82) is 0 Å². The first-order chi connectivity index (χ1) is 19.1. The molecule has 4 aromatic rings. The van der Waals surface area contributed by atoms with Crippen LogP contribution < -0.4 is 9.47 Å². The predicted octanol–water partition coefficient (Wildman–Crippen LogP) is 4.06. The molecule has 0 fully saturated rings. The van der Waals surface area contributed by atoms with Gasteiger partial charge in [-0.25, -0.2) is 0 Å². The largest absolute Gasteiger partial charge is 0.508 e. The van der Waals surface area contributed by atoms with Crippen molar-refractivity contribution >= 4 is 5.78 Å². The second-order valence-electron chi connectivity index (χ2n) is 9.85. The molecule has 40 heavy (non-hydrogen) atoms. The van der Waals surface area contributed by atoms with Crippen LogP contribution in [0.25, 0.3) is 0 Å². The highest BCUT2D eigenvalue weighted by atomic mass is 16.5. The van der Waals surface area contributed by atoms with Crippen LogP contribution in [0.2, 0.25) is 0 Å². The third-order valence-corrected chi connectivity index (χ3v) is 7.29. The van der Waals surface area contributed by atoms with Crippen molar-refractivity contribution in [1.82, 2.24) is 0 Å². The standard InChI is InChI=1S/C30H24O10/c31-15-5-1-13(2-6-15)28-22(37)11-18-19(34)12-23-25(30(18)40-28)26(29(39-23)14-3-7-16(32)8-4-14)27(38)24-20(35)9-17(33)10-21(24)36/h1-10,12,22,26,28-29,31-37H,11H2/t22-,26+,28+,29+/m0/s1. The summed E-state index contributed by atoms with van der Waals surface area (Å²) in [6, 6.07) is 15.2. The summed E-state index contributed by atoms with van der Waals surface area (Å²) in [4.78, 5) is 14.1. The van der Waals surface area contributed by atoms with E-state index in [1.54, 1.807) is 24.3 Å². The molecule has 0 aliphatic carbocycles. The predicted molar refractivity (Wildman–Crippen MR) is 139 cm³/mol. The fourth-order valence-corrected chi connectivity index (χ4v) is 5.43. The summed E-state index contributed by atoms with van der Waals surface area (Å²) < 4.78 is 12.4.